The molecule has 45 heavy (non-hydrogen) atoms. The van der Waals surface area contributed by atoms with Gasteiger partial charge >= 0.3 is 0 Å². The second-order valence-corrected chi connectivity index (χ2v) is 9.29. The van der Waals surface area contributed by atoms with Gasteiger partial charge in [0.1, 0.15) is 17.1 Å². The zero-order valence-corrected chi connectivity index (χ0v) is 22.7. The Morgan fingerprint density at radius 2 is 1.62 bits per heavy atom. The molecule has 1 saturated heterocycles. The number of pyridine rings is 1. The zero-order valence-electron chi connectivity index (χ0n) is 22.7. The number of nitrogens with one attached hydrogen (secondary N) is 2. The lowest BCUT2D eigenvalue weighted by Gasteiger charge is -2.42. The van der Waals surface area contributed by atoms with Gasteiger partial charge in [-0.2, -0.15) is 30.8 Å². The van der Waals surface area contributed by atoms with E-state index in [0.717, 1.165) is 0 Å². The van der Waals surface area contributed by atoms with E-state index in [-0.39, 0.29) is 29.0 Å². The number of hydrazine groups is 1. The molecule has 218 valence electrons. The molecule has 1 fully saturated rings. The molecular formula is C25H17N19O. The number of anilines is 2. The predicted octanol–water partition coefficient (Wildman–Crippen LogP) is -0.00440. The molecule has 0 aliphatic carbocycles. The number of aromatic nitrogens is 17. The van der Waals surface area contributed by atoms with E-state index in [9.17, 15) is 0 Å². The second-order valence-electron chi connectivity index (χ2n) is 9.29. The molecule has 0 aromatic carbocycles. The van der Waals surface area contributed by atoms with Gasteiger partial charge in [-0.25, -0.2) is 24.8 Å². The molecule has 1 aliphatic heterocycles. The van der Waals surface area contributed by atoms with Crippen molar-refractivity contribution in [3.63, 3.8) is 0 Å². The number of hydrogen-bond donors (Lipinski definition) is 2. The summed E-state index contributed by atoms with van der Waals surface area (Å²) >= 11 is 0. The van der Waals surface area contributed by atoms with E-state index in [1.807, 2.05) is 6.07 Å². The van der Waals surface area contributed by atoms with Crippen molar-refractivity contribution < 1.29 is 4.84 Å². The Balaban J connectivity index is 1.62. The average molecular weight is 600 g/mol. The van der Waals surface area contributed by atoms with Gasteiger partial charge in [0.15, 0.2) is 11.4 Å². The first kappa shape index (κ1) is 25.8. The molecule has 8 heterocycles. The fourth-order valence-corrected chi connectivity index (χ4v) is 5.37. The summed E-state index contributed by atoms with van der Waals surface area (Å²) in [5.41, 5.74) is -2.02. The number of rotatable bonds is 7. The molecule has 20 heteroatoms. The van der Waals surface area contributed by atoms with E-state index in [1.165, 1.54) is 36.2 Å². The largest absolute Gasteiger partial charge is 0.259 e. The highest BCUT2D eigenvalue weighted by Gasteiger charge is 2.75. The summed E-state index contributed by atoms with van der Waals surface area (Å²) in [6, 6.07) is 10.4. The number of aromatic amines is 2. The molecule has 1 aliphatic rings. The SMILES string of the molecule is c1ccc(C2(c3nnccc3-c3cn[nH]n3)N(c3ncccn3)N(c3cnccn3)OC2(c2ccnnn2)c2nn[nH]n2)nc1. The van der Waals surface area contributed by atoms with Gasteiger partial charge < -0.3 is 0 Å². The molecule has 7 aromatic rings. The third-order valence-electron chi connectivity index (χ3n) is 7.03. The smallest absolute Gasteiger partial charge is 0.247 e. The number of nitrogens with zero attached hydrogens (tertiary/aromatic N) is 17. The Kier molecular flexibility index (Phi) is 6.01. The molecule has 0 spiro atoms. The van der Waals surface area contributed by atoms with Crippen molar-refractivity contribution in [2.45, 2.75) is 11.1 Å². The molecule has 20 nitrogen and oxygen atoms in total. The van der Waals surface area contributed by atoms with Gasteiger partial charge in [-0.3, -0.25) is 9.97 Å². The van der Waals surface area contributed by atoms with Crippen LogP contribution in [0.4, 0.5) is 11.8 Å². The first-order chi connectivity index (χ1) is 22.3. The molecule has 2 unspecified atom stereocenters. The highest BCUT2D eigenvalue weighted by molar-refractivity contribution is 5.70. The molecular weight excluding hydrogens is 582 g/mol. The van der Waals surface area contributed by atoms with E-state index in [4.69, 9.17) is 14.9 Å². The Hall–Kier alpha value is -6.83. The summed E-state index contributed by atoms with van der Waals surface area (Å²) in [7, 11) is 0. The standard InChI is InChI=1S/C25H17N19O/c1-2-7-27-18(4-1)24(21-16(5-10-31-36-21)17-14-33-40-34-17)25(22-37-41-42-38-22,19-6-11-32-39-35-19)45-44(20-15-26-12-13-28-20)43(24)23-29-8-3-9-30-23/h1-15H,(H,33,34,40)(H,37,38,41,42). The summed E-state index contributed by atoms with van der Waals surface area (Å²) in [4.78, 5) is 30.0. The van der Waals surface area contributed by atoms with Crippen molar-refractivity contribution in [2.24, 2.45) is 0 Å². The maximum Gasteiger partial charge on any atom is 0.247 e. The zero-order chi connectivity index (χ0) is 30.1. The van der Waals surface area contributed by atoms with Gasteiger partial charge in [-0.15, -0.1) is 25.6 Å². The van der Waals surface area contributed by atoms with E-state index in [2.05, 4.69) is 76.5 Å². The van der Waals surface area contributed by atoms with Crippen LogP contribution in [0, 0.1) is 0 Å². The van der Waals surface area contributed by atoms with Crippen LogP contribution in [0.25, 0.3) is 11.3 Å². The number of tetrazole rings is 1. The van der Waals surface area contributed by atoms with Crippen LogP contribution in [0.15, 0.2) is 92.2 Å². The monoisotopic (exact) mass is 599 g/mol. The minimum absolute atomic E-state index is 0.0118. The van der Waals surface area contributed by atoms with Crippen LogP contribution in [0.1, 0.15) is 22.9 Å². The molecule has 0 bridgehead atoms. The summed E-state index contributed by atoms with van der Waals surface area (Å²) in [6.07, 6.45) is 13.9. The lowest BCUT2D eigenvalue weighted by molar-refractivity contribution is -0.0222. The third kappa shape index (κ3) is 3.79. The van der Waals surface area contributed by atoms with E-state index in [0.29, 0.717) is 17.0 Å². The van der Waals surface area contributed by atoms with Crippen molar-refractivity contribution >= 4 is 11.8 Å². The highest BCUT2D eigenvalue weighted by atomic mass is 16.8. The van der Waals surface area contributed by atoms with Crippen LogP contribution < -0.4 is 10.2 Å². The van der Waals surface area contributed by atoms with Crippen LogP contribution in [-0.4, -0.2) is 86.6 Å². The van der Waals surface area contributed by atoms with Crippen LogP contribution in [0.5, 0.6) is 0 Å². The van der Waals surface area contributed by atoms with Crippen molar-refractivity contribution in [1.29, 1.82) is 0 Å². The minimum atomic E-state index is -1.93. The second kappa shape index (κ2) is 10.5. The van der Waals surface area contributed by atoms with Crippen molar-refractivity contribution in [1.82, 2.24) is 86.6 Å². The van der Waals surface area contributed by atoms with Crippen molar-refractivity contribution in [2.75, 3.05) is 10.2 Å². The Bertz CT molecular complexity index is 2000. The van der Waals surface area contributed by atoms with Crippen molar-refractivity contribution in [3.05, 3.63) is 115 Å². The molecule has 0 radical (unpaired) electrons. The Morgan fingerprint density at radius 1 is 0.711 bits per heavy atom. The summed E-state index contributed by atoms with van der Waals surface area (Å²) in [5, 5.41) is 50.7. The summed E-state index contributed by atoms with van der Waals surface area (Å²) in [6.45, 7) is 0. The van der Waals surface area contributed by atoms with Gasteiger partial charge in [-0.1, -0.05) is 11.3 Å². The molecule has 0 amide bonds. The topological polar surface area (TPSA) is 241 Å². The number of H-pyrrole nitrogens is 2. The average Bonchev–Trinajstić information content (AvgIpc) is 3.91. The van der Waals surface area contributed by atoms with E-state index >= 15 is 0 Å². The molecule has 0 saturated carbocycles. The molecule has 2 N–H and O–H groups in total. The van der Waals surface area contributed by atoms with Gasteiger partial charge in [0.25, 0.3) is 0 Å². The Labute approximate surface area is 251 Å². The maximum absolute atomic E-state index is 7.04. The van der Waals surface area contributed by atoms with Gasteiger partial charge in [0.2, 0.25) is 17.4 Å². The van der Waals surface area contributed by atoms with E-state index in [1.54, 1.807) is 60.1 Å². The van der Waals surface area contributed by atoms with Gasteiger partial charge in [-0.05, 0) is 35.5 Å². The lowest BCUT2D eigenvalue weighted by Crippen LogP contribution is -2.59. The van der Waals surface area contributed by atoms with Crippen LogP contribution >= 0.6 is 0 Å². The normalized spacial score (nSPS) is 19.6. The van der Waals surface area contributed by atoms with Crippen LogP contribution in [0.2, 0.25) is 0 Å². The summed E-state index contributed by atoms with van der Waals surface area (Å²) in [5.74, 6) is 0.375. The fraction of sp³-hybridized carbons (Fsp3) is 0.0800. The van der Waals surface area contributed by atoms with E-state index < -0.39 is 11.1 Å². The highest BCUT2D eigenvalue weighted by Crippen LogP contribution is 2.60. The first-order valence-electron chi connectivity index (χ1n) is 13.1. The van der Waals surface area contributed by atoms with Crippen LogP contribution in [0.3, 0.4) is 0 Å². The molecule has 7 aromatic heterocycles. The predicted molar refractivity (Wildman–Crippen MR) is 147 cm³/mol. The third-order valence-corrected chi connectivity index (χ3v) is 7.03. The molecule has 2 atom stereocenters. The number of hydrogen-bond acceptors (Lipinski definition) is 18. The minimum Gasteiger partial charge on any atom is -0.259 e. The lowest BCUT2D eigenvalue weighted by atomic mass is 9.70. The fourth-order valence-electron chi connectivity index (χ4n) is 5.37. The first-order valence-corrected chi connectivity index (χ1v) is 13.1. The van der Waals surface area contributed by atoms with Gasteiger partial charge in [0, 0.05) is 36.5 Å². The molecule has 8 rings (SSSR count). The summed E-state index contributed by atoms with van der Waals surface area (Å²) < 4.78 is 0. The van der Waals surface area contributed by atoms with Gasteiger partial charge in [0.05, 0.1) is 30.5 Å². The quantitative estimate of drug-likeness (QED) is 0.245. The maximum atomic E-state index is 7.04. The van der Waals surface area contributed by atoms with Crippen LogP contribution in [-0.2, 0) is 16.0 Å². The van der Waals surface area contributed by atoms with Crippen molar-refractivity contribution in [3.8, 4) is 11.3 Å². The Morgan fingerprint density at radius 3 is 2.36 bits per heavy atom.